The van der Waals surface area contributed by atoms with Crippen LogP contribution in [0.15, 0.2) is 12.7 Å². The molecular formula is C13H22O3. The third-order valence-corrected chi connectivity index (χ3v) is 4.23. The summed E-state index contributed by atoms with van der Waals surface area (Å²) in [6.07, 6.45) is 5.57. The van der Waals surface area contributed by atoms with Gasteiger partial charge in [-0.25, -0.2) is 0 Å². The molecule has 2 fully saturated rings. The monoisotopic (exact) mass is 226 g/mol. The molecule has 3 nitrogen and oxygen atoms in total. The van der Waals surface area contributed by atoms with E-state index in [1.165, 1.54) is 0 Å². The van der Waals surface area contributed by atoms with Crippen molar-refractivity contribution in [3.05, 3.63) is 12.7 Å². The maximum Gasteiger partial charge on any atom is 0.0650 e. The van der Waals surface area contributed by atoms with Gasteiger partial charge < -0.3 is 15.3 Å². The van der Waals surface area contributed by atoms with Gasteiger partial charge in [-0.3, -0.25) is 0 Å². The van der Waals surface area contributed by atoms with Gasteiger partial charge in [-0.2, -0.15) is 0 Å². The molecule has 0 saturated heterocycles. The lowest BCUT2D eigenvalue weighted by atomic mass is 9.86. The van der Waals surface area contributed by atoms with Crippen LogP contribution in [0.1, 0.15) is 38.5 Å². The van der Waals surface area contributed by atoms with Crippen molar-refractivity contribution in [3.8, 4) is 0 Å². The normalized spacial score (nSPS) is 40.9. The summed E-state index contributed by atoms with van der Waals surface area (Å²) in [5.41, 5.74) is -0.452. The molecule has 2 aliphatic rings. The third kappa shape index (κ3) is 2.47. The molecule has 0 bridgehead atoms. The Balaban J connectivity index is 1.90. The summed E-state index contributed by atoms with van der Waals surface area (Å²) in [6.45, 7) is 3.70. The van der Waals surface area contributed by atoms with Crippen LogP contribution in [-0.2, 0) is 0 Å². The topological polar surface area (TPSA) is 60.7 Å². The highest BCUT2D eigenvalue weighted by atomic mass is 16.3. The van der Waals surface area contributed by atoms with Crippen LogP contribution in [0, 0.1) is 11.8 Å². The van der Waals surface area contributed by atoms with E-state index >= 15 is 0 Å². The summed E-state index contributed by atoms with van der Waals surface area (Å²) < 4.78 is 0. The van der Waals surface area contributed by atoms with Gasteiger partial charge in [0.25, 0.3) is 0 Å². The van der Waals surface area contributed by atoms with Gasteiger partial charge >= 0.3 is 0 Å². The molecule has 0 amide bonds. The SMILES string of the molecule is C=CC[C@@H]1[C@@H](CCC2(O)CC2)[C@@H](O)C[C@@H]1O. The summed E-state index contributed by atoms with van der Waals surface area (Å²) in [5.74, 6) is 0.243. The summed E-state index contributed by atoms with van der Waals surface area (Å²) in [4.78, 5) is 0. The number of hydrogen-bond donors (Lipinski definition) is 3. The average molecular weight is 226 g/mol. The van der Waals surface area contributed by atoms with Crippen LogP contribution in [0.3, 0.4) is 0 Å². The van der Waals surface area contributed by atoms with Crippen molar-refractivity contribution < 1.29 is 15.3 Å². The molecule has 0 heterocycles. The first-order chi connectivity index (χ1) is 7.56. The molecule has 0 aromatic heterocycles. The van der Waals surface area contributed by atoms with Crippen molar-refractivity contribution in [2.45, 2.75) is 56.3 Å². The lowest BCUT2D eigenvalue weighted by Crippen LogP contribution is -2.23. The molecule has 16 heavy (non-hydrogen) atoms. The fourth-order valence-electron chi connectivity index (χ4n) is 2.93. The smallest absolute Gasteiger partial charge is 0.0650 e. The number of aliphatic hydroxyl groups is 3. The zero-order chi connectivity index (χ0) is 11.8. The second-order valence-electron chi connectivity index (χ2n) is 5.49. The molecule has 2 aliphatic carbocycles. The highest BCUT2D eigenvalue weighted by molar-refractivity contribution is 4.98. The number of aliphatic hydroxyl groups excluding tert-OH is 2. The Labute approximate surface area is 96.8 Å². The highest BCUT2D eigenvalue weighted by Crippen LogP contribution is 2.44. The fourth-order valence-corrected chi connectivity index (χ4v) is 2.93. The molecule has 0 aromatic rings. The highest BCUT2D eigenvalue weighted by Gasteiger charge is 2.45. The van der Waals surface area contributed by atoms with Crippen molar-refractivity contribution >= 4 is 0 Å². The predicted octanol–water partition coefficient (Wildman–Crippen LogP) is 1.23. The van der Waals surface area contributed by atoms with Crippen LogP contribution in [0.2, 0.25) is 0 Å². The maximum atomic E-state index is 9.90. The summed E-state index contributed by atoms with van der Waals surface area (Å²) >= 11 is 0. The van der Waals surface area contributed by atoms with Crippen LogP contribution in [-0.4, -0.2) is 33.1 Å². The van der Waals surface area contributed by atoms with E-state index in [0.29, 0.717) is 6.42 Å². The van der Waals surface area contributed by atoms with Gasteiger partial charge in [-0.05, 0) is 50.4 Å². The Morgan fingerprint density at radius 2 is 1.81 bits per heavy atom. The second kappa shape index (κ2) is 4.47. The van der Waals surface area contributed by atoms with Gasteiger partial charge in [0.05, 0.1) is 17.8 Å². The molecule has 92 valence electrons. The molecule has 0 unspecified atom stereocenters. The molecule has 3 heteroatoms. The second-order valence-corrected chi connectivity index (χ2v) is 5.49. The Kier molecular flexibility index (Phi) is 3.38. The van der Waals surface area contributed by atoms with Crippen LogP contribution in [0.25, 0.3) is 0 Å². The predicted molar refractivity (Wildman–Crippen MR) is 61.8 cm³/mol. The lowest BCUT2D eigenvalue weighted by molar-refractivity contribution is 0.0798. The summed E-state index contributed by atoms with van der Waals surface area (Å²) in [7, 11) is 0. The van der Waals surface area contributed by atoms with E-state index in [2.05, 4.69) is 6.58 Å². The van der Waals surface area contributed by atoms with Crippen molar-refractivity contribution in [3.63, 3.8) is 0 Å². The minimum absolute atomic E-state index is 0.120. The van der Waals surface area contributed by atoms with Crippen molar-refractivity contribution in [2.24, 2.45) is 11.8 Å². The quantitative estimate of drug-likeness (QED) is 0.618. The average Bonchev–Trinajstić information content (AvgIpc) is 2.89. The molecule has 0 aliphatic heterocycles. The van der Waals surface area contributed by atoms with Crippen LogP contribution in [0.5, 0.6) is 0 Å². The molecule has 0 radical (unpaired) electrons. The van der Waals surface area contributed by atoms with Crippen LogP contribution >= 0.6 is 0 Å². The van der Waals surface area contributed by atoms with Crippen molar-refractivity contribution in [1.82, 2.24) is 0 Å². The number of allylic oxidation sites excluding steroid dienone is 1. The van der Waals surface area contributed by atoms with Gasteiger partial charge in [0.1, 0.15) is 0 Å². The first kappa shape index (κ1) is 12.1. The molecule has 0 aromatic carbocycles. The zero-order valence-electron chi connectivity index (χ0n) is 9.68. The van der Waals surface area contributed by atoms with Crippen molar-refractivity contribution in [2.75, 3.05) is 0 Å². The third-order valence-electron chi connectivity index (χ3n) is 4.23. The van der Waals surface area contributed by atoms with E-state index in [9.17, 15) is 15.3 Å². The van der Waals surface area contributed by atoms with E-state index < -0.39 is 17.8 Å². The summed E-state index contributed by atoms with van der Waals surface area (Å²) in [5, 5.41) is 29.5. The standard InChI is InChI=1S/C13H22O3/c1-2-3-9-10(12(15)8-11(9)14)4-5-13(16)6-7-13/h2,9-12,14-16H,1,3-8H2/t9-,10-,11+,12+/m1/s1. The zero-order valence-corrected chi connectivity index (χ0v) is 9.68. The first-order valence-corrected chi connectivity index (χ1v) is 6.25. The van der Waals surface area contributed by atoms with Gasteiger partial charge in [0.2, 0.25) is 0 Å². The minimum atomic E-state index is -0.452. The Hall–Kier alpha value is -0.380. The molecule has 0 spiro atoms. The first-order valence-electron chi connectivity index (χ1n) is 6.25. The molecule has 2 saturated carbocycles. The number of hydrogen-bond acceptors (Lipinski definition) is 3. The molecular weight excluding hydrogens is 204 g/mol. The van der Waals surface area contributed by atoms with E-state index in [-0.39, 0.29) is 11.8 Å². The largest absolute Gasteiger partial charge is 0.393 e. The van der Waals surface area contributed by atoms with E-state index in [1.807, 2.05) is 6.08 Å². The van der Waals surface area contributed by atoms with Gasteiger partial charge in [0, 0.05) is 0 Å². The number of rotatable bonds is 5. The van der Waals surface area contributed by atoms with Gasteiger partial charge in [-0.1, -0.05) is 6.08 Å². The van der Waals surface area contributed by atoms with Gasteiger partial charge in [-0.15, -0.1) is 6.58 Å². The molecule has 4 atom stereocenters. The lowest BCUT2D eigenvalue weighted by Gasteiger charge is -2.23. The van der Waals surface area contributed by atoms with E-state index in [4.69, 9.17) is 0 Å². The van der Waals surface area contributed by atoms with E-state index in [0.717, 1.165) is 32.1 Å². The van der Waals surface area contributed by atoms with Crippen LogP contribution in [0.4, 0.5) is 0 Å². The summed E-state index contributed by atoms with van der Waals surface area (Å²) in [6, 6.07) is 0. The van der Waals surface area contributed by atoms with Crippen LogP contribution < -0.4 is 0 Å². The molecule has 3 N–H and O–H groups in total. The Morgan fingerprint density at radius 3 is 2.38 bits per heavy atom. The maximum absolute atomic E-state index is 9.90. The van der Waals surface area contributed by atoms with E-state index in [1.54, 1.807) is 0 Å². The molecule has 2 rings (SSSR count). The minimum Gasteiger partial charge on any atom is -0.393 e. The van der Waals surface area contributed by atoms with Gasteiger partial charge in [0.15, 0.2) is 0 Å². The Bertz CT molecular complexity index is 260. The Morgan fingerprint density at radius 1 is 1.19 bits per heavy atom. The fraction of sp³-hybridized carbons (Fsp3) is 0.846. The van der Waals surface area contributed by atoms with Crippen molar-refractivity contribution in [1.29, 1.82) is 0 Å².